The Balaban J connectivity index is 1.69. The molecule has 0 aliphatic carbocycles. The van der Waals surface area contributed by atoms with Crippen LogP contribution in [0.25, 0.3) is 0 Å². The minimum atomic E-state index is -1.05. The third-order valence-electron chi connectivity index (χ3n) is 3.78. The molecule has 0 saturated heterocycles. The van der Waals surface area contributed by atoms with Crippen molar-refractivity contribution in [2.75, 3.05) is 13.1 Å². The lowest BCUT2D eigenvalue weighted by molar-refractivity contribution is -0.153. The SMILES string of the molecule is C[C@H](OC(=O)CNC(=O)c1cccc(F)c1)C(=O)NCCc1ccc(F)cc1. The van der Waals surface area contributed by atoms with E-state index in [0.717, 1.165) is 11.6 Å². The number of carbonyl (C=O) groups excluding carboxylic acids is 3. The molecule has 1 atom stereocenters. The smallest absolute Gasteiger partial charge is 0.326 e. The summed E-state index contributed by atoms with van der Waals surface area (Å²) >= 11 is 0. The zero-order valence-electron chi connectivity index (χ0n) is 15.2. The van der Waals surface area contributed by atoms with Gasteiger partial charge in [-0.15, -0.1) is 0 Å². The van der Waals surface area contributed by atoms with Crippen molar-refractivity contribution >= 4 is 17.8 Å². The Morgan fingerprint density at radius 2 is 1.71 bits per heavy atom. The molecule has 2 rings (SSSR count). The highest BCUT2D eigenvalue weighted by Gasteiger charge is 2.18. The van der Waals surface area contributed by atoms with Crippen molar-refractivity contribution in [2.45, 2.75) is 19.4 Å². The molecule has 6 nitrogen and oxygen atoms in total. The van der Waals surface area contributed by atoms with Crippen LogP contribution in [0.4, 0.5) is 8.78 Å². The van der Waals surface area contributed by atoms with Crippen molar-refractivity contribution < 1.29 is 27.9 Å². The number of hydrogen-bond acceptors (Lipinski definition) is 4. The molecule has 0 aromatic heterocycles. The molecule has 148 valence electrons. The summed E-state index contributed by atoms with van der Waals surface area (Å²) in [7, 11) is 0. The van der Waals surface area contributed by atoms with Gasteiger partial charge in [-0.05, 0) is 49.2 Å². The maximum Gasteiger partial charge on any atom is 0.326 e. The summed E-state index contributed by atoms with van der Waals surface area (Å²) < 4.78 is 30.9. The molecule has 2 aromatic rings. The van der Waals surface area contributed by atoms with Gasteiger partial charge in [-0.1, -0.05) is 18.2 Å². The van der Waals surface area contributed by atoms with Crippen molar-refractivity contribution in [1.29, 1.82) is 0 Å². The second kappa shape index (κ2) is 10.1. The number of benzene rings is 2. The fraction of sp³-hybridized carbons (Fsp3) is 0.250. The van der Waals surface area contributed by atoms with Gasteiger partial charge in [0.2, 0.25) is 0 Å². The van der Waals surface area contributed by atoms with E-state index in [4.69, 9.17) is 4.74 Å². The highest BCUT2D eigenvalue weighted by molar-refractivity contribution is 5.96. The Morgan fingerprint density at radius 1 is 1.00 bits per heavy atom. The average Bonchev–Trinajstić information content (AvgIpc) is 2.67. The van der Waals surface area contributed by atoms with E-state index in [2.05, 4.69) is 10.6 Å². The molecular weight excluding hydrogens is 370 g/mol. The standard InChI is InChI=1S/C20H20F2N2O4/c1-13(19(26)23-10-9-14-5-7-16(21)8-6-14)28-18(25)12-24-20(27)15-3-2-4-17(22)11-15/h2-8,11,13H,9-10,12H2,1H3,(H,23,26)(H,24,27)/t13-/m0/s1. The Labute approximate surface area is 160 Å². The Kier molecular flexibility index (Phi) is 7.62. The van der Waals surface area contributed by atoms with Crippen molar-refractivity contribution in [3.63, 3.8) is 0 Å². The third kappa shape index (κ3) is 6.79. The maximum absolute atomic E-state index is 13.1. The van der Waals surface area contributed by atoms with E-state index >= 15 is 0 Å². The van der Waals surface area contributed by atoms with Crippen LogP contribution >= 0.6 is 0 Å². The highest BCUT2D eigenvalue weighted by Crippen LogP contribution is 2.04. The Hall–Kier alpha value is -3.29. The van der Waals surface area contributed by atoms with E-state index in [-0.39, 0.29) is 11.4 Å². The van der Waals surface area contributed by atoms with E-state index in [1.807, 2.05) is 0 Å². The van der Waals surface area contributed by atoms with Crippen LogP contribution in [0.15, 0.2) is 48.5 Å². The van der Waals surface area contributed by atoms with Gasteiger partial charge < -0.3 is 15.4 Å². The molecule has 0 bridgehead atoms. The molecule has 0 heterocycles. The first-order valence-electron chi connectivity index (χ1n) is 8.60. The lowest BCUT2D eigenvalue weighted by atomic mass is 10.1. The predicted molar refractivity (Wildman–Crippen MR) is 97.4 cm³/mol. The Morgan fingerprint density at radius 3 is 2.39 bits per heavy atom. The first-order valence-corrected chi connectivity index (χ1v) is 8.60. The number of halogens is 2. The molecule has 0 spiro atoms. The second-order valence-electron chi connectivity index (χ2n) is 5.99. The molecule has 0 radical (unpaired) electrons. The van der Waals surface area contributed by atoms with E-state index in [1.54, 1.807) is 12.1 Å². The zero-order chi connectivity index (χ0) is 20.5. The summed E-state index contributed by atoms with van der Waals surface area (Å²) in [5, 5.41) is 4.91. The van der Waals surface area contributed by atoms with Crippen LogP contribution in [0.1, 0.15) is 22.8 Å². The molecule has 28 heavy (non-hydrogen) atoms. The minimum Gasteiger partial charge on any atom is -0.451 e. The predicted octanol–water partition coefficient (Wildman–Crippen LogP) is 1.99. The summed E-state index contributed by atoms with van der Waals surface area (Å²) in [4.78, 5) is 35.5. The number of amides is 2. The summed E-state index contributed by atoms with van der Waals surface area (Å²) in [5.74, 6) is -2.83. The first kappa shape index (κ1) is 21.0. The van der Waals surface area contributed by atoms with E-state index < -0.39 is 36.2 Å². The van der Waals surface area contributed by atoms with Gasteiger partial charge in [-0.2, -0.15) is 0 Å². The van der Waals surface area contributed by atoms with E-state index in [1.165, 1.54) is 37.3 Å². The van der Waals surface area contributed by atoms with Gasteiger partial charge in [-0.25, -0.2) is 8.78 Å². The molecule has 2 N–H and O–H groups in total. The largest absolute Gasteiger partial charge is 0.451 e. The summed E-state index contributed by atoms with van der Waals surface area (Å²) in [6.45, 7) is 1.24. The minimum absolute atomic E-state index is 0.0689. The van der Waals surface area contributed by atoms with Gasteiger partial charge in [0.1, 0.15) is 18.2 Å². The van der Waals surface area contributed by atoms with Gasteiger partial charge in [-0.3, -0.25) is 14.4 Å². The number of ether oxygens (including phenoxy) is 1. The molecule has 0 aliphatic heterocycles. The summed E-state index contributed by atoms with van der Waals surface area (Å²) in [5.41, 5.74) is 0.922. The van der Waals surface area contributed by atoms with Crippen molar-refractivity contribution in [2.24, 2.45) is 0 Å². The topological polar surface area (TPSA) is 84.5 Å². The van der Waals surface area contributed by atoms with Crippen LogP contribution in [0.5, 0.6) is 0 Å². The van der Waals surface area contributed by atoms with Crippen molar-refractivity contribution in [3.8, 4) is 0 Å². The van der Waals surface area contributed by atoms with Crippen molar-refractivity contribution in [1.82, 2.24) is 10.6 Å². The fourth-order valence-electron chi connectivity index (χ4n) is 2.30. The van der Waals surface area contributed by atoms with Crippen LogP contribution in [-0.2, 0) is 20.7 Å². The molecule has 2 amide bonds. The quantitative estimate of drug-likeness (QED) is 0.675. The number of nitrogens with one attached hydrogen (secondary N) is 2. The first-order chi connectivity index (χ1) is 13.3. The number of hydrogen-bond donors (Lipinski definition) is 2. The van der Waals surface area contributed by atoms with Gasteiger partial charge in [0.15, 0.2) is 6.10 Å². The molecule has 0 unspecified atom stereocenters. The van der Waals surface area contributed by atoms with Crippen LogP contribution in [0, 0.1) is 11.6 Å². The zero-order valence-corrected chi connectivity index (χ0v) is 15.2. The average molecular weight is 390 g/mol. The van der Waals surface area contributed by atoms with E-state index in [9.17, 15) is 23.2 Å². The third-order valence-corrected chi connectivity index (χ3v) is 3.78. The molecule has 0 fully saturated rings. The van der Waals surface area contributed by atoms with Crippen LogP contribution in [0.3, 0.4) is 0 Å². The van der Waals surface area contributed by atoms with Crippen LogP contribution in [-0.4, -0.2) is 37.0 Å². The summed E-state index contributed by atoms with van der Waals surface area (Å²) in [6, 6.07) is 10.9. The maximum atomic E-state index is 13.1. The fourth-order valence-corrected chi connectivity index (χ4v) is 2.30. The molecule has 2 aromatic carbocycles. The van der Waals surface area contributed by atoms with Gasteiger partial charge in [0.25, 0.3) is 11.8 Å². The Bertz CT molecular complexity index is 840. The highest BCUT2D eigenvalue weighted by atomic mass is 19.1. The molecule has 0 aliphatic rings. The molecule has 0 saturated carbocycles. The van der Waals surface area contributed by atoms with Crippen molar-refractivity contribution in [3.05, 3.63) is 71.3 Å². The summed E-state index contributed by atoms with van der Waals surface area (Å²) in [6.07, 6.45) is -0.553. The lowest BCUT2D eigenvalue weighted by Crippen LogP contribution is -2.39. The number of esters is 1. The van der Waals surface area contributed by atoms with Crippen LogP contribution < -0.4 is 10.6 Å². The van der Waals surface area contributed by atoms with Gasteiger partial charge >= 0.3 is 5.97 Å². The van der Waals surface area contributed by atoms with Gasteiger partial charge in [0, 0.05) is 12.1 Å². The lowest BCUT2D eigenvalue weighted by Gasteiger charge is -2.14. The van der Waals surface area contributed by atoms with Gasteiger partial charge in [0.05, 0.1) is 0 Å². The van der Waals surface area contributed by atoms with E-state index in [0.29, 0.717) is 13.0 Å². The molecule has 8 heteroatoms. The normalized spacial score (nSPS) is 11.4. The van der Waals surface area contributed by atoms with Crippen LogP contribution in [0.2, 0.25) is 0 Å². The monoisotopic (exact) mass is 390 g/mol. The number of rotatable bonds is 8. The number of carbonyl (C=O) groups is 3. The second-order valence-corrected chi connectivity index (χ2v) is 5.99. The molecular formula is C20H20F2N2O4.